The highest BCUT2D eigenvalue weighted by Gasteiger charge is 2.31. The van der Waals surface area contributed by atoms with Crippen LogP contribution in [-0.4, -0.2) is 69.5 Å². The van der Waals surface area contributed by atoms with E-state index in [0.29, 0.717) is 31.1 Å². The van der Waals surface area contributed by atoms with E-state index in [-0.39, 0.29) is 48.3 Å². The van der Waals surface area contributed by atoms with Gasteiger partial charge in [0.15, 0.2) is 11.5 Å². The fraction of sp³-hybridized carbons (Fsp3) is 0.381. The van der Waals surface area contributed by atoms with E-state index in [1.54, 1.807) is 6.07 Å². The van der Waals surface area contributed by atoms with E-state index in [0.717, 1.165) is 0 Å². The van der Waals surface area contributed by atoms with Crippen LogP contribution in [0.25, 0.3) is 0 Å². The monoisotopic (exact) mass is 468 g/mol. The Kier molecular flexibility index (Phi) is 6.47. The number of carbonyl (C=O) groups excluding carboxylic acids is 1. The Labute approximate surface area is 184 Å². The third-order valence-corrected chi connectivity index (χ3v) is 7.08. The molecule has 2 aliphatic heterocycles. The summed E-state index contributed by atoms with van der Waals surface area (Å²) < 4.78 is 67.8. The molecule has 172 valence electrons. The Hall–Kier alpha value is -2.92. The first kappa shape index (κ1) is 22.3. The van der Waals surface area contributed by atoms with Crippen molar-refractivity contribution in [1.82, 2.24) is 9.21 Å². The number of hydrogen-bond donors (Lipinski definition) is 0. The maximum atomic E-state index is 13.1. The number of hydrogen-bond acceptors (Lipinski definition) is 6. The number of ether oxygens (including phenoxy) is 3. The Bertz CT molecular complexity index is 1090. The van der Waals surface area contributed by atoms with Crippen LogP contribution in [0.15, 0.2) is 47.4 Å². The van der Waals surface area contributed by atoms with Gasteiger partial charge in [-0.2, -0.15) is 13.1 Å². The normalized spacial score (nSPS) is 17.2. The van der Waals surface area contributed by atoms with Gasteiger partial charge in [-0.3, -0.25) is 4.79 Å². The number of carbonyl (C=O) groups is 1. The first-order valence-corrected chi connectivity index (χ1v) is 11.5. The van der Waals surface area contributed by atoms with Gasteiger partial charge < -0.3 is 19.1 Å². The predicted molar refractivity (Wildman–Crippen MR) is 110 cm³/mol. The molecule has 4 rings (SSSR count). The van der Waals surface area contributed by atoms with Gasteiger partial charge in [0.2, 0.25) is 10.0 Å². The van der Waals surface area contributed by atoms with Crippen LogP contribution in [0.4, 0.5) is 8.78 Å². The van der Waals surface area contributed by atoms with Gasteiger partial charge in [0.1, 0.15) is 5.75 Å². The van der Waals surface area contributed by atoms with Crippen molar-refractivity contribution >= 4 is 15.9 Å². The lowest BCUT2D eigenvalue weighted by Crippen LogP contribution is -2.50. The molecule has 0 unspecified atom stereocenters. The highest BCUT2D eigenvalue weighted by atomic mass is 32.2. The molecule has 1 saturated heterocycles. The second-order valence-corrected chi connectivity index (χ2v) is 9.20. The smallest absolute Gasteiger partial charge is 0.387 e. The molecule has 0 N–H and O–H groups in total. The lowest BCUT2D eigenvalue weighted by molar-refractivity contribution is -0.0499. The molecule has 11 heteroatoms. The van der Waals surface area contributed by atoms with E-state index in [1.807, 2.05) is 0 Å². The molecule has 2 aromatic carbocycles. The van der Waals surface area contributed by atoms with E-state index in [4.69, 9.17) is 9.47 Å². The highest BCUT2D eigenvalue weighted by molar-refractivity contribution is 7.89. The topological polar surface area (TPSA) is 85.4 Å². The van der Waals surface area contributed by atoms with Gasteiger partial charge in [0, 0.05) is 44.2 Å². The van der Waals surface area contributed by atoms with Gasteiger partial charge in [-0.05, 0) is 30.3 Å². The van der Waals surface area contributed by atoms with Crippen LogP contribution in [0.1, 0.15) is 16.8 Å². The molecule has 0 spiro atoms. The van der Waals surface area contributed by atoms with Crippen LogP contribution >= 0.6 is 0 Å². The van der Waals surface area contributed by atoms with Gasteiger partial charge in [-0.1, -0.05) is 6.07 Å². The molecule has 0 aromatic heterocycles. The Morgan fingerprint density at radius 2 is 1.69 bits per heavy atom. The molecule has 0 bridgehead atoms. The number of alkyl halides is 2. The number of sulfonamides is 1. The van der Waals surface area contributed by atoms with Crippen LogP contribution in [0, 0.1) is 0 Å². The molecule has 2 heterocycles. The van der Waals surface area contributed by atoms with Gasteiger partial charge in [-0.15, -0.1) is 0 Å². The van der Waals surface area contributed by atoms with Gasteiger partial charge >= 0.3 is 6.61 Å². The van der Waals surface area contributed by atoms with Crippen molar-refractivity contribution in [3.8, 4) is 17.2 Å². The second-order valence-electron chi connectivity index (χ2n) is 7.26. The van der Waals surface area contributed by atoms with Gasteiger partial charge in [0.05, 0.1) is 18.1 Å². The summed E-state index contributed by atoms with van der Waals surface area (Å²) >= 11 is 0. The highest BCUT2D eigenvalue weighted by Crippen LogP contribution is 2.33. The molecule has 1 amide bonds. The minimum absolute atomic E-state index is 0.0957. The zero-order valence-corrected chi connectivity index (χ0v) is 17.9. The third-order valence-electron chi connectivity index (χ3n) is 5.19. The fourth-order valence-corrected chi connectivity index (χ4v) is 5.01. The first-order valence-electron chi connectivity index (χ1n) is 10.1. The molecular weight excluding hydrogens is 446 g/mol. The predicted octanol–water partition coefficient (Wildman–Crippen LogP) is 2.60. The number of rotatable bonds is 5. The Morgan fingerprint density at radius 1 is 0.969 bits per heavy atom. The van der Waals surface area contributed by atoms with E-state index < -0.39 is 16.6 Å². The van der Waals surface area contributed by atoms with Crippen molar-refractivity contribution in [2.75, 3.05) is 39.4 Å². The molecule has 0 aliphatic carbocycles. The molecular formula is C21H22F2N2O6S. The van der Waals surface area contributed by atoms with Crippen molar-refractivity contribution in [1.29, 1.82) is 0 Å². The summed E-state index contributed by atoms with van der Waals surface area (Å²) in [5.74, 6) is 0.414. The number of fused-ring (bicyclic) bond motifs is 1. The molecule has 2 aliphatic rings. The zero-order chi connectivity index (χ0) is 22.7. The first-order chi connectivity index (χ1) is 15.3. The minimum atomic E-state index is -3.78. The maximum Gasteiger partial charge on any atom is 0.387 e. The van der Waals surface area contributed by atoms with E-state index in [1.165, 1.54) is 45.6 Å². The third kappa shape index (κ3) is 4.78. The molecule has 1 fully saturated rings. The molecule has 2 aromatic rings. The van der Waals surface area contributed by atoms with Crippen LogP contribution in [0.3, 0.4) is 0 Å². The Morgan fingerprint density at radius 3 is 2.41 bits per heavy atom. The number of benzene rings is 2. The molecule has 0 saturated carbocycles. The summed E-state index contributed by atoms with van der Waals surface area (Å²) in [4.78, 5) is 14.3. The minimum Gasteiger partial charge on any atom is -0.490 e. The number of nitrogens with zero attached hydrogens (tertiary/aromatic N) is 2. The van der Waals surface area contributed by atoms with Crippen molar-refractivity contribution in [3.63, 3.8) is 0 Å². The standard InChI is InChI=1S/C21H22F2N2O6S/c22-21(23)31-16-4-1-3-15(13-16)20(26)24-7-9-25(10-8-24)32(27,28)17-5-6-18-19(14-17)30-12-2-11-29-18/h1,3-6,13-14,21H,2,7-12H2. The Balaban J connectivity index is 1.43. The van der Waals surface area contributed by atoms with Crippen LogP contribution in [-0.2, 0) is 10.0 Å². The average molecular weight is 468 g/mol. The van der Waals surface area contributed by atoms with Crippen molar-refractivity contribution in [2.45, 2.75) is 17.9 Å². The SMILES string of the molecule is O=C(c1cccc(OC(F)F)c1)N1CCN(S(=O)(=O)c2ccc3c(c2)OCCCO3)CC1. The number of halogens is 2. The van der Waals surface area contributed by atoms with Crippen LogP contribution in [0.5, 0.6) is 17.2 Å². The summed E-state index contributed by atoms with van der Waals surface area (Å²) in [7, 11) is -3.78. The number of amides is 1. The van der Waals surface area contributed by atoms with E-state index >= 15 is 0 Å². The summed E-state index contributed by atoms with van der Waals surface area (Å²) in [5, 5.41) is 0. The van der Waals surface area contributed by atoms with Gasteiger partial charge in [-0.25, -0.2) is 8.42 Å². The molecule has 0 atom stereocenters. The molecule has 32 heavy (non-hydrogen) atoms. The second kappa shape index (κ2) is 9.29. The average Bonchev–Trinajstić information content (AvgIpc) is 3.03. The lowest BCUT2D eigenvalue weighted by Gasteiger charge is -2.34. The summed E-state index contributed by atoms with van der Waals surface area (Å²) in [6.07, 6.45) is 0.712. The quantitative estimate of drug-likeness (QED) is 0.671. The molecule has 8 nitrogen and oxygen atoms in total. The summed E-state index contributed by atoms with van der Waals surface area (Å²) in [6, 6.07) is 10.1. The largest absolute Gasteiger partial charge is 0.490 e. The summed E-state index contributed by atoms with van der Waals surface area (Å²) in [6.45, 7) is -1.48. The van der Waals surface area contributed by atoms with E-state index in [2.05, 4.69) is 4.74 Å². The lowest BCUT2D eigenvalue weighted by atomic mass is 10.1. The summed E-state index contributed by atoms with van der Waals surface area (Å²) in [5.41, 5.74) is 0.197. The van der Waals surface area contributed by atoms with Crippen molar-refractivity contribution in [2.24, 2.45) is 0 Å². The van der Waals surface area contributed by atoms with E-state index in [9.17, 15) is 22.0 Å². The molecule has 0 radical (unpaired) electrons. The number of piperazine rings is 1. The van der Waals surface area contributed by atoms with Crippen molar-refractivity contribution in [3.05, 3.63) is 48.0 Å². The van der Waals surface area contributed by atoms with Crippen molar-refractivity contribution < 1.29 is 36.2 Å². The zero-order valence-electron chi connectivity index (χ0n) is 17.1. The maximum absolute atomic E-state index is 13.1. The fourth-order valence-electron chi connectivity index (χ4n) is 3.57. The van der Waals surface area contributed by atoms with Crippen LogP contribution in [0.2, 0.25) is 0 Å². The van der Waals surface area contributed by atoms with Gasteiger partial charge in [0.25, 0.3) is 5.91 Å². The van der Waals surface area contributed by atoms with Crippen LogP contribution < -0.4 is 14.2 Å².